The first-order valence-corrected chi connectivity index (χ1v) is 8.20. The number of aryl methyl sites for hydroxylation is 1. The molecule has 4 nitrogen and oxygen atoms in total. The average molecular weight is 326 g/mol. The summed E-state index contributed by atoms with van der Waals surface area (Å²) in [6.45, 7) is 1.96. The van der Waals surface area contributed by atoms with Crippen molar-refractivity contribution in [2.45, 2.75) is 6.92 Å². The summed E-state index contributed by atoms with van der Waals surface area (Å²) in [7, 11) is 0. The molecule has 0 bridgehead atoms. The SMILES string of the molecule is Cc1ccc2c(c1)C(=O)C1C=c3[nH]c4ccccc4c(=O)c3=CC1=N2. The van der Waals surface area contributed by atoms with Crippen molar-refractivity contribution in [1.29, 1.82) is 0 Å². The number of aromatic nitrogens is 1. The lowest BCUT2D eigenvalue weighted by molar-refractivity contribution is 0.0977. The molecule has 0 amide bonds. The summed E-state index contributed by atoms with van der Waals surface area (Å²) >= 11 is 0. The van der Waals surface area contributed by atoms with Gasteiger partial charge in [0.05, 0.1) is 17.3 Å². The topological polar surface area (TPSA) is 62.3 Å². The van der Waals surface area contributed by atoms with Crippen molar-refractivity contribution < 1.29 is 4.79 Å². The molecule has 0 radical (unpaired) electrons. The fourth-order valence-electron chi connectivity index (χ4n) is 3.60. The van der Waals surface area contributed by atoms with Crippen molar-refractivity contribution in [1.82, 2.24) is 4.98 Å². The third-order valence-corrected chi connectivity index (χ3v) is 4.87. The number of pyridine rings is 1. The minimum atomic E-state index is -0.446. The van der Waals surface area contributed by atoms with Gasteiger partial charge in [-0.05, 0) is 43.3 Å². The van der Waals surface area contributed by atoms with E-state index in [1.54, 1.807) is 12.1 Å². The van der Waals surface area contributed by atoms with Crippen molar-refractivity contribution in [3.63, 3.8) is 0 Å². The van der Waals surface area contributed by atoms with Crippen LogP contribution in [0.1, 0.15) is 15.9 Å². The van der Waals surface area contributed by atoms with E-state index in [0.29, 0.717) is 32.9 Å². The Balaban J connectivity index is 1.85. The van der Waals surface area contributed by atoms with E-state index in [-0.39, 0.29) is 11.2 Å². The van der Waals surface area contributed by atoms with Crippen LogP contribution >= 0.6 is 0 Å². The van der Waals surface area contributed by atoms with Crippen LogP contribution in [-0.4, -0.2) is 16.5 Å². The summed E-state index contributed by atoms with van der Waals surface area (Å²) in [4.78, 5) is 33.7. The lowest BCUT2D eigenvalue weighted by Gasteiger charge is -2.22. The molecule has 120 valence electrons. The molecule has 4 heteroatoms. The predicted molar refractivity (Wildman–Crippen MR) is 98.8 cm³/mol. The highest BCUT2D eigenvalue weighted by Gasteiger charge is 2.30. The van der Waals surface area contributed by atoms with Gasteiger partial charge in [-0.2, -0.15) is 0 Å². The van der Waals surface area contributed by atoms with Gasteiger partial charge in [-0.15, -0.1) is 0 Å². The van der Waals surface area contributed by atoms with Gasteiger partial charge in [0.25, 0.3) is 0 Å². The number of hydrogen-bond acceptors (Lipinski definition) is 3. The van der Waals surface area contributed by atoms with E-state index in [2.05, 4.69) is 9.98 Å². The van der Waals surface area contributed by atoms with E-state index < -0.39 is 5.92 Å². The predicted octanol–water partition coefficient (Wildman–Crippen LogP) is 2.00. The Morgan fingerprint density at radius 2 is 1.92 bits per heavy atom. The molecule has 2 aromatic carbocycles. The zero-order valence-corrected chi connectivity index (χ0v) is 13.5. The van der Waals surface area contributed by atoms with E-state index in [4.69, 9.17) is 0 Å². The molecule has 3 aromatic rings. The number of hydrogen-bond donors (Lipinski definition) is 1. The molecule has 1 aliphatic heterocycles. The maximum atomic E-state index is 12.9. The Labute approximate surface area is 142 Å². The van der Waals surface area contributed by atoms with Crippen molar-refractivity contribution in [2.75, 3.05) is 0 Å². The first-order chi connectivity index (χ1) is 12.1. The van der Waals surface area contributed by atoms with E-state index in [0.717, 1.165) is 11.1 Å². The van der Waals surface area contributed by atoms with Crippen LogP contribution in [0.4, 0.5) is 5.69 Å². The largest absolute Gasteiger partial charge is 0.355 e. The molecule has 25 heavy (non-hydrogen) atoms. The molecule has 5 rings (SSSR count). The molecular weight excluding hydrogens is 312 g/mol. The van der Waals surface area contributed by atoms with Crippen molar-refractivity contribution >= 4 is 40.2 Å². The molecule has 2 aliphatic rings. The standard InChI is InChI=1S/C21H14N2O2/c1-11-6-7-17-13(8-11)21(25)15-10-18-14(9-19(15)23-17)20(24)12-4-2-3-5-16(12)22-18/h2-10,15,22H,1H3. The summed E-state index contributed by atoms with van der Waals surface area (Å²) < 4.78 is 0. The Hall–Kier alpha value is -3.27. The second-order valence-electron chi connectivity index (χ2n) is 6.54. The lowest BCUT2D eigenvalue weighted by Crippen LogP contribution is -2.47. The normalized spacial score (nSPS) is 17.7. The van der Waals surface area contributed by atoms with E-state index >= 15 is 0 Å². The van der Waals surface area contributed by atoms with Gasteiger partial charge in [0, 0.05) is 27.0 Å². The molecule has 1 unspecified atom stereocenters. The molecule has 0 saturated carbocycles. The van der Waals surface area contributed by atoms with Crippen LogP contribution in [0.15, 0.2) is 52.3 Å². The Bertz CT molecular complexity index is 1300. The molecule has 1 N–H and O–H groups in total. The van der Waals surface area contributed by atoms with Crippen LogP contribution in [0.5, 0.6) is 0 Å². The van der Waals surface area contributed by atoms with Gasteiger partial charge in [0.1, 0.15) is 0 Å². The van der Waals surface area contributed by atoms with Gasteiger partial charge < -0.3 is 4.98 Å². The monoisotopic (exact) mass is 326 g/mol. The quantitative estimate of drug-likeness (QED) is 0.687. The van der Waals surface area contributed by atoms with Crippen molar-refractivity contribution in [2.24, 2.45) is 10.9 Å². The summed E-state index contributed by atoms with van der Waals surface area (Å²) in [6.07, 6.45) is 3.58. The number of benzene rings is 2. The number of fused-ring (bicyclic) bond motifs is 4. The average Bonchev–Trinajstić information content (AvgIpc) is 2.62. The van der Waals surface area contributed by atoms with Gasteiger partial charge in [0.2, 0.25) is 0 Å². The molecule has 1 atom stereocenters. The maximum absolute atomic E-state index is 12.9. The molecule has 0 saturated heterocycles. The minimum absolute atomic E-state index is 0.0274. The number of carbonyl (C=O) groups is 1. The van der Waals surface area contributed by atoms with Crippen LogP contribution in [0.25, 0.3) is 23.1 Å². The number of H-pyrrole nitrogens is 1. The van der Waals surface area contributed by atoms with Gasteiger partial charge in [-0.3, -0.25) is 14.6 Å². The number of carbonyl (C=O) groups excluding carboxylic acids is 1. The number of para-hydroxylation sites is 1. The fourth-order valence-corrected chi connectivity index (χ4v) is 3.60. The van der Waals surface area contributed by atoms with E-state index in [1.165, 1.54) is 0 Å². The molecule has 0 spiro atoms. The Morgan fingerprint density at radius 1 is 1.08 bits per heavy atom. The van der Waals surface area contributed by atoms with E-state index in [1.807, 2.05) is 49.4 Å². The highest BCUT2D eigenvalue weighted by Crippen LogP contribution is 2.31. The van der Waals surface area contributed by atoms with Gasteiger partial charge in [-0.1, -0.05) is 23.8 Å². The molecular formula is C21H14N2O2. The van der Waals surface area contributed by atoms with Crippen LogP contribution in [-0.2, 0) is 0 Å². The summed E-state index contributed by atoms with van der Waals surface area (Å²) in [5.74, 6) is -0.418. The summed E-state index contributed by atoms with van der Waals surface area (Å²) in [5.41, 5.74) is 3.72. The molecule has 1 aromatic heterocycles. The zero-order chi connectivity index (χ0) is 17.1. The molecule has 2 heterocycles. The first-order valence-electron chi connectivity index (χ1n) is 8.20. The molecule has 0 fully saturated rings. The third kappa shape index (κ3) is 1.97. The summed E-state index contributed by atoms with van der Waals surface area (Å²) in [5, 5.41) is 1.90. The van der Waals surface area contributed by atoms with Crippen molar-refractivity contribution in [3.8, 4) is 0 Å². The number of nitrogens with zero attached hydrogens (tertiary/aromatic N) is 1. The lowest BCUT2D eigenvalue weighted by atomic mass is 9.85. The third-order valence-electron chi connectivity index (χ3n) is 4.87. The second-order valence-corrected chi connectivity index (χ2v) is 6.54. The number of rotatable bonds is 0. The van der Waals surface area contributed by atoms with E-state index in [9.17, 15) is 9.59 Å². The number of aromatic amines is 1. The Kier molecular flexibility index (Phi) is 2.74. The van der Waals surface area contributed by atoms with Gasteiger partial charge >= 0.3 is 0 Å². The maximum Gasteiger partial charge on any atom is 0.197 e. The van der Waals surface area contributed by atoms with Crippen LogP contribution in [0.2, 0.25) is 0 Å². The smallest absolute Gasteiger partial charge is 0.197 e. The second kappa shape index (κ2) is 4.86. The number of ketones is 1. The zero-order valence-electron chi connectivity index (χ0n) is 13.5. The Morgan fingerprint density at radius 3 is 2.80 bits per heavy atom. The van der Waals surface area contributed by atoms with Crippen molar-refractivity contribution in [3.05, 3.63) is 74.4 Å². The number of nitrogens with one attached hydrogen (secondary N) is 1. The van der Waals surface area contributed by atoms with Crippen LogP contribution < -0.4 is 16.0 Å². The van der Waals surface area contributed by atoms with Gasteiger partial charge in [0.15, 0.2) is 11.2 Å². The number of Topliss-reactive ketones (excluding diaryl/α,β-unsaturated/α-hetero) is 1. The minimum Gasteiger partial charge on any atom is -0.355 e. The van der Waals surface area contributed by atoms with Gasteiger partial charge in [-0.25, -0.2) is 0 Å². The molecule has 1 aliphatic carbocycles. The van der Waals surface area contributed by atoms with Crippen LogP contribution in [0.3, 0.4) is 0 Å². The number of aliphatic imine (C=N–C) groups is 1. The van der Waals surface area contributed by atoms with Crippen LogP contribution in [0, 0.1) is 12.8 Å². The fraction of sp³-hybridized carbons (Fsp3) is 0.0952. The highest BCUT2D eigenvalue weighted by atomic mass is 16.1. The summed E-state index contributed by atoms with van der Waals surface area (Å²) in [6, 6.07) is 13.1. The first kappa shape index (κ1) is 14.1. The highest BCUT2D eigenvalue weighted by molar-refractivity contribution is 6.31.